The Balaban J connectivity index is 5.21. The lowest BCUT2D eigenvalue weighted by molar-refractivity contribution is -0.161. The quantitative estimate of drug-likeness (QED) is 0.0222. The van der Waals surface area contributed by atoms with Crippen LogP contribution >= 0.6 is 15.6 Å². The minimum absolute atomic E-state index is 0.104. The number of hydrogen-bond acceptors (Lipinski definition) is 15. The number of hydrogen-bond donors (Lipinski definition) is 3. The van der Waals surface area contributed by atoms with E-state index in [9.17, 15) is 43.2 Å². The van der Waals surface area contributed by atoms with Gasteiger partial charge < -0.3 is 33.8 Å². The molecule has 7 atom stereocenters. The van der Waals surface area contributed by atoms with Crippen LogP contribution in [-0.2, 0) is 65.4 Å². The van der Waals surface area contributed by atoms with E-state index in [1.807, 2.05) is 0 Å². The van der Waals surface area contributed by atoms with Gasteiger partial charge in [-0.15, -0.1) is 0 Å². The molecule has 19 heteroatoms. The van der Waals surface area contributed by atoms with Crippen LogP contribution in [-0.4, -0.2) is 96.7 Å². The Hall–Kier alpha value is -1.94. The van der Waals surface area contributed by atoms with Crippen LogP contribution in [0.25, 0.3) is 0 Å². The van der Waals surface area contributed by atoms with E-state index in [2.05, 4.69) is 55.4 Å². The van der Waals surface area contributed by atoms with Gasteiger partial charge in [-0.3, -0.25) is 37.3 Å². The van der Waals surface area contributed by atoms with Crippen molar-refractivity contribution in [2.45, 2.75) is 440 Å². The Morgan fingerprint density at radius 1 is 0.277 bits per heavy atom. The molecule has 0 radical (unpaired) electrons. The largest absolute Gasteiger partial charge is 0.472 e. The van der Waals surface area contributed by atoms with Crippen LogP contribution in [0, 0.1) is 23.7 Å². The molecule has 0 aliphatic heterocycles. The highest BCUT2D eigenvalue weighted by atomic mass is 31.2. The molecule has 3 N–H and O–H groups in total. The molecule has 17 nitrogen and oxygen atoms in total. The fourth-order valence-corrected chi connectivity index (χ4v) is 14.1. The summed E-state index contributed by atoms with van der Waals surface area (Å²) in [6.45, 7) is 14.3. The number of esters is 4. The number of carbonyl (C=O) groups is 4. The van der Waals surface area contributed by atoms with Gasteiger partial charge in [-0.1, -0.05) is 370 Å². The molecule has 0 aromatic rings. The van der Waals surface area contributed by atoms with Crippen LogP contribution in [0.5, 0.6) is 0 Å². The number of aliphatic hydroxyl groups excluding tert-OH is 1. The van der Waals surface area contributed by atoms with E-state index in [4.69, 9.17) is 37.0 Å². The highest BCUT2D eigenvalue weighted by Gasteiger charge is 2.30. The number of ether oxygens (including phenoxy) is 4. The molecule has 0 aromatic heterocycles. The van der Waals surface area contributed by atoms with E-state index in [1.165, 1.54) is 225 Å². The summed E-state index contributed by atoms with van der Waals surface area (Å²) in [4.78, 5) is 73.0. The summed E-state index contributed by atoms with van der Waals surface area (Å²) in [5.74, 6) is 1.04. The number of rotatable bonds is 79. The second-order valence-corrected chi connectivity index (χ2v) is 33.9. The van der Waals surface area contributed by atoms with Gasteiger partial charge in [0.05, 0.1) is 26.4 Å². The second kappa shape index (κ2) is 71.0. The minimum Gasteiger partial charge on any atom is -0.462 e. The van der Waals surface area contributed by atoms with Crippen LogP contribution in [0.4, 0.5) is 0 Å². The van der Waals surface area contributed by atoms with Crippen molar-refractivity contribution < 1.29 is 80.2 Å². The minimum atomic E-state index is -4.96. The van der Waals surface area contributed by atoms with Gasteiger partial charge in [-0.05, 0) is 49.4 Å². The van der Waals surface area contributed by atoms with Crippen molar-refractivity contribution in [3.05, 3.63) is 0 Å². The van der Waals surface area contributed by atoms with Crippen LogP contribution in [0.15, 0.2) is 0 Å². The van der Waals surface area contributed by atoms with Gasteiger partial charge in [-0.25, -0.2) is 9.13 Å². The maximum Gasteiger partial charge on any atom is 0.472 e. The van der Waals surface area contributed by atoms with E-state index in [-0.39, 0.29) is 25.7 Å². The molecule has 0 fully saturated rings. The number of carbonyl (C=O) groups excluding carboxylic acids is 4. The number of phosphoric acid groups is 2. The molecule has 600 valence electrons. The zero-order chi connectivity index (χ0) is 74.6. The maximum absolute atomic E-state index is 13.1. The summed E-state index contributed by atoms with van der Waals surface area (Å²) in [6, 6.07) is 0. The van der Waals surface area contributed by atoms with Crippen molar-refractivity contribution in [1.82, 2.24) is 0 Å². The molecule has 5 unspecified atom stereocenters. The first-order chi connectivity index (χ1) is 48.7. The number of unbranched alkanes of at least 4 members (excludes halogenated alkanes) is 43. The molecule has 0 aliphatic rings. The Morgan fingerprint density at radius 2 is 0.475 bits per heavy atom. The van der Waals surface area contributed by atoms with Crippen LogP contribution < -0.4 is 0 Å². The van der Waals surface area contributed by atoms with Crippen molar-refractivity contribution in [3.63, 3.8) is 0 Å². The lowest BCUT2D eigenvalue weighted by Crippen LogP contribution is -2.30. The maximum atomic E-state index is 13.1. The van der Waals surface area contributed by atoms with Crippen LogP contribution in [0.1, 0.15) is 421 Å². The van der Waals surface area contributed by atoms with E-state index < -0.39 is 97.5 Å². The summed E-state index contributed by atoms with van der Waals surface area (Å²) in [5, 5.41) is 10.6. The highest BCUT2D eigenvalue weighted by molar-refractivity contribution is 7.47. The highest BCUT2D eigenvalue weighted by Crippen LogP contribution is 2.45. The van der Waals surface area contributed by atoms with E-state index in [0.717, 1.165) is 114 Å². The molecule has 0 saturated heterocycles. The summed E-state index contributed by atoms with van der Waals surface area (Å²) in [5.41, 5.74) is 0. The van der Waals surface area contributed by atoms with Gasteiger partial charge in [0, 0.05) is 25.7 Å². The second-order valence-electron chi connectivity index (χ2n) is 31.0. The van der Waals surface area contributed by atoms with Crippen molar-refractivity contribution >= 4 is 39.5 Å². The first kappa shape index (κ1) is 99.1. The van der Waals surface area contributed by atoms with Gasteiger partial charge in [0.15, 0.2) is 12.2 Å². The van der Waals surface area contributed by atoms with Gasteiger partial charge in [0.25, 0.3) is 0 Å². The van der Waals surface area contributed by atoms with Crippen molar-refractivity contribution in [2.24, 2.45) is 23.7 Å². The summed E-state index contributed by atoms with van der Waals surface area (Å²) >= 11 is 0. The van der Waals surface area contributed by atoms with Gasteiger partial charge in [0.2, 0.25) is 0 Å². The third kappa shape index (κ3) is 73.4. The average molecular weight is 1480 g/mol. The Labute approximate surface area is 619 Å². The molecule has 0 aromatic carbocycles. The van der Waals surface area contributed by atoms with Gasteiger partial charge >= 0.3 is 39.5 Å². The summed E-state index contributed by atoms with van der Waals surface area (Å²) < 4.78 is 68.7. The molecule has 0 heterocycles. The predicted octanol–water partition coefficient (Wildman–Crippen LogP) is 24.4. The monoisotopic (exact) mass is 1480 g/mol. The molecule has 101 heavy (non-hydrogen) atoms. The van der Waals surface area contributed by atoms with Crippen molar-refractivity contribution in [1.29, 1.82) is 0 Å². The van der Waals surface area contributed by atoms with E-state index in [0.29, 0.717) is 25.7 Å². The molecule has 0 aliphatic carbocycles. The van der Waals surface area contributed by atoms with Crippen LogP contribution in [0.2, 0.25) is 0 Å². The summed E-state index contributed by atoms with van der Waals surface area (Å²) in [7, 11) is -9.92. The topological polar surface area (TPSA) is 237 Å². The SMILES string of the molecule is CCC(C)CCCCCCCCCCCCCCCCCCCCC(=O)OC[C@H](COP(=O)(O)OCC(O)COP(=O)(O)OC[C@@H](COC(=O)CCCCCCCCCCC(C)C)OC(=O)CCCCCCCCCCC(C)CC)OC(=O)CCCCCCCCCCCCCCCC(C)C. The zero-order valence-corrected chi connectivity index (χ0v) is 68.3. The van der Waals surface area contributed by atoms with E-state index >= 15 is 0 Å². The normalized spacial score (nSPS) is 14.5. The van der Waals surface area contributed by atoms with Crippen molar-refractivity contribution in [3.8, 4) is 0 Å². The van der Waals surface area contributed by atoms with Gasteiger partial charge in [0.1, 0.15) is 19.3 Å². The number of phosphoric ester groups is 2. The first-order valence-electron chi connectivity index (χ1n) is 42.3. The average Bonchev–Trinajstić information content (AvgIpc) is 0.927. The lowest BCUT2D eigenvalue weighted by atomic mass is 9.99. The Bertz CT molecular complexity index is 1980. The predicted molar refractivity (Wildman–Crippen MR) is 414 cm³/mol. The smallest absolute Gasteiger partial charge is 0.462 e. The molecule has 0 saturated carbocycles. The van der Waals surface area contributed by atoms with Crippen LogP contribution in [0.3, 0.4) is 0 Å². The molecule has 0 amide bonds. The fraction of sp³-hybridized carbons (Fsp3) is 0.951. The molecular formula is C82H160O17P2. The Kier molecular flexibility index (Phi) is 69.6. The molecule has 0 rings (SSSR count). The molecular weight excluding hydrogens is 1320 g/mol. The van der Waals surface area contributed by atoms with Crippen molar-refractivity contribution in [2.75, 3.05) is 39.6 Å². The third-order valence-electron chi connectivity index (χ3n) is 19.8. The molecule has 0 bridgehead atoms. The fourth-order valence-electron chi connectivity index (χ4n) is 12.5. The van der Waals surface area contributed by atoms with E-state index in [1.54, 1.807) is 0 Å². The first-order valence-corrected chi connectivity index (χ1v) is 45.3. The zero-order valence-electron chi connectivity index (χ0n) is 66.5. The number of aliphatic hydroxyl groups is 1. The van der Waals surface area contributed by atoms with Gasteiger partial charge in [-0.2, -0.15) is 0 Å². The molecule has 0 spiro atoms. The third-order valence-corrected chi connectivity index (χ3v) is 21.7. The Morgan fingerprint density at radius 3 is 0.703 bits per heavy atom. The standard InChI is InChI=1S/C82H160O17P2/c1-9-74(7)60-52-44-36-27-23-19-15-13-11-12-14-16-20-24-28-38-46-54-62-79(84)92-68-77(98-81(86)64-56-48-40-29-25-21-17-18-22-26-34-42-50-58-72(3)4)70-96-100(88,89)94-66-76(83)67-95-101(90,91)97-71-78(69-93-80(85)63-55-47-39-32-30-35-43-51-59-73(5)6)99-82(87)65-57-49-41-33-31-37-45-53-61-75(8)10-2/h72-78,83H,9-71H2,1-8H3,(H,88,89)(H,90,91)/t74?,75?,76?,77-,78-/m1/s1. The summed E-state index contributed by atoms with van der Waals surface area (Å²) in [6.07, 6.45) is 58.3. The lowest BCUT2D eigenvalue weighted by Gasteiger charge is -2.21.